The number of carboxylic acid groups (broad SMARTS) is 1. The molecule has 3 heterocycles. The maximum absolute atomic E-state index is 11.5. The molecule has 2 amide bonds. The summed E-state index contributed by atoms with van der Waals surface area (Å²) >= 11 is 1.94. The van der Waals surface area contributed by atoms with Gasteiger partial charge in [0.15, 0.2) is 0 Å². The summed E-state index contributed by atoms with van der Waals surface area (Å²) in [6.45, 7) is 0.838. The van der Waals surface area contributed by atoms with Crippen molar-refractivity contribution in [2.75, 3.05) is 13.2 Å². The van der Waals surface area contributed by atoms with Crippen LogP contribution in [-0.4, -0.2) is 51.0 Å². The van der Waals surface area contributed by atoms with Crippen molar-refractivity contribution in [2.24, 2.45) is 5.73 Å². The van der Waals surface area contributed by atoms with Gasteiger partial charge in [-0.3, -0.25) is 14.4 Å². The molecule has 3 rings (SSSR count). The third-order valence-corrected chi connectivity index (χ3v) is 4.27. The number of carbonyl (C=O) groups excluding carboxylic acids is 1. The number of nitrogens with zero attached hydrogens (tertiary/aromatic N) is 3. The molecule has 1 aromatic heterocycles. The second-order valence-corrected chi connectivity index (χ2v) is 5.53. The molecule has 1 fully saturated rings. The van der Waals surface area contributed by atoms with Crippen molar-refractivity contribution in [1.29, 1.82) is 0 Å². The van der Waals surface area contributed by atoms with E-state index in [1.165, 1.54) is 4.90 Å². The average molecular weight is 378 g/mol. The van der Waals surface area contributed by atoms with Crippen LogP contribution in [0.2, 0.25) is 0 Å². The first-order valence-corrected chi connectivity index (χ1v) is 6.72. The first kappa shape index (κ1) is 12.7. The van der Waals surface area contributed by atoms with E-state index in [2.05, 4.69) is 5.10 Å². The number of nitrogens with two attached hydrogens (primary N) is 1. The highest BCUT2D eigenvalue weighted by Gasteiger charge is 2.44. The fourth-order valence-electron chi connectivity index (χ4n) is 2.66. The average Bonchev–Trinajstić information content (AvgIpc) is 2.89. The lowest BCUT2D eigenvalue weighted by molar-refractivity contribution is 0.0889. The van der Waals surface area contributed by atoms with Crippen molar-refractivity contribution >= 4 is 34.6 Å². The molecule has 0 spiro atoms. The van der Waals surface area contributed by atoms with Gasteiger partial charge in [-0.1, -0.05) is 0 Å². The Morgan fingerprint density at radius 2 is 2.11 bits per heavy atom. The minimum absolute atomic E-state index is 0.105. The van der Waals surface area contributed by atoms with Crippen LogP contribution in [-0.2, 0) is 11.3 Å². The summed E-state index contributed by atoms with van der Waals surface area (Å²) in [5.74, 6) is -0.589. The van der Waals surface area contributed by atoms with Gasteiger partial charge in [0.25, 0.3) is 5.91 Å². The Balaban J connectivity index is 2.13. The van der Waals surface area contributed by atoms with E-state index in [0.29, 0.717) is 28.2 Å². The molecule has 0 bridgehead atoms. The zero-order valence-electron chi connectivity index (χ0n) is 9.74. The van der Waals surface area contributed by atoms with Gasteiger partial charge < -0.3 is 15.6 Å². The van der Waals surface area contributed by atoms with Crippen LogP contribution >= 0.6 is 22.6 Å². The number of amides is 2. The van der Waals surface area contributed by atoms with Crippen LogP contribution in [0.4, 0.5) is 4.79 Å². The maximum Gasteiger partial charge on any atom is 0.408 e. The first-order valence-electron chi connectivity index (χ1n) is 5.64. The predicted octanol–water partition coefficient (Wildman–Crippen LogP) is 0.0201. The molecule has 0 saturated carbocycles. The van der Waals surface area contributed by atoms with E-state index in [0.717, 1.165) is 0 Å². The molecule has 3 N–H and O–H groups in total. The van der Waals surface area contributed by atoms with Crippen LogP contribution in [0.5, 0.6) is 0 Å². The molecule has 1 saturated heterocycles. The lowest BCUT2D eigenvalue weighted by Gasteiger charge is -2.35. The number of halogens is 1. The van der Waals surface area contributed by atoms with Gasteiger partial charge in [0.2, 0.25) is 0 Å². The smallest absolute Gasteiger partial charge is 0.408 e. The summed E-state index contributed by atoms with van der Waals surface area (Å²) in [7, 11) is 0. The molecule has 9 heteroatoms. The van der Waals surface area contributed by atoms with Gasteiger partial charge in [0.05, 0.1) is 43.1 Å². The fraction of sp³-hybridized carbons (Fsp3) is 0.500. The van der Waals surface area contributed by atoms with Crippen LogP contribution in [0.3, 0.4) is 0 Å². The molecular formula is C10H11IN4O4. The fourth-order valence-corrected chi connectivity index (χ4v) is 3.47. The number of rotatable bonds is 1. The molecule has 19 heavy (non-hydrogen) atoms. The standard InChI is InChI=1S/C10H11IN4O4/c11-8-7(9(12)16)4-1-14(10(17)18)5-2-19-3-6(5)15(4)13-8/h5-6H,1-3H2,(H2,12,16)(H,17,18). The molecule has 0 radical (unpaired) electrons. The molecule has 2 atom stereocenters. The van der Waals surface area contributed by atoms with Gasteiger partial charge in [0.1, 0.15) is 3.70 Å². The molecule has 102 valence electrons. The number of hydrogen-bond acceptors (Lipinski definition) is 4. The zero-order chi connectivity index (χ0) is 13.7. The van der Waals surface area contributed by atoms with E-state index < -0.39 is 12.0 Å². The highest BCUT2D eigenvalue weighted by molar-refractivity contribution is 14.1. The Kier molecular flexibility index (Phi) is 2.89. The Hall–Kier alpha value is -1.36. The normalized spacial score (nSPS) is 25.0. The topological polar surface area (TPSA) is 111 Å². The highest BCUT2D eigenvalue weighted by atomic mass is 127. The minimum atomic E-state index is -1.03. The number of hydrogen-bond donors (Lipinski definition) is 2. The van der Waals surface area contributed by atoms with Crippen LogP contribution < -0.4 is 5.73 Å². The lowest BCUT2D eigenvalue weighted by atomic mass is 10.1. The van der Waals surface area contributed by atoms with Crippen LogP contribution in [0.15, 0.2) is 0 Å². The number of primary amides is 1. The quantitative estimate of drug-likeness (QED) is 0.670. The zero-order valence-corrected chi connectivity index (χ0v) is 11.9. The summed E-state index contributed by atoms with van der Waals surface area (Å²) in [6.07, 6.45) is -1.03. The Morgan fingerprint density at radius 1 is 1.42 bits per heavy atom. The van der Waals surface area contributed by atoms with E-state index >= 15 is 0 Å². The summed E-state index contributed by atoms with van der Waals surface area (Å²) < 4.78 is 7.55. The van der Waals surface area contributed by atoms with E-state index in [-0.39, 0.29) is 18.6 Å². The van der Waals surface area contributed by atoms with Crippen LogP contribution in [0.1, 0.15) is 22.1 Å². The van der Waals surface area contributed by atoms with Crippen molar-refractivity contribution in [3.8, 4) is 0 Å². The van der Waals surface area contributed by atoms with Crippen LogP contribution in [0, 0.1) is 3.70 Å². The lowest BCUT2D eigenvalue weighted by Crippen LogP contribution is -2.48. The van der Waals surface area contributed by atoms with E-state index in [1.807, 2.05) is 22.6 Å². The van der Waals surface area contributed by atoms with Gasteiger partial charge in [-0.25, -0.2) is 4.79 Å². The molecule has 1 aromatic rings. The summed E-state index contributed by atoms with van der Waals surface area (Å²) in [4.78, 5) is 24.1. The molecule has 2 aliphatic heterocycles. The Labute approximate surface area is 121 Å². The number of carbonyl (C=O) groups is 2. The first-order chi connectivity index (χ1) is 9.00. The van der Waals surface area contributed by atoms with Crippen LogP contribution in [0.25, 0.3) is 0 Å². The van der Waals surface area contributed by atoms with Gasteiger partial charge in [-0.2, -0.15) is 5.10 Å². The molecule has 2 unspecified atom stereocenters. The second kappa shape index (κ2) is 4.34. The second-order valence-electron chi connectivity index (χ2n) is 4.50. The molecular weight excluding hydrogens is 367 g/mol. The summed E-state index contributed by atoms with van der Waals surface area (Å²) in [5.41, 5.74) is 6.20. The maximum atomic E-state index is 11.5. The van der Waals surface area contributed by atoms with Gasteiger partial charge in [-0.15, -0.1) is 0 Å². The highest BCUT2D eigenvalue weighted by Crippen LogP contribution is 2.34. The van der Waals surface area contributed by atoms with E-state index in [1.54, 1.807) is 4.68 Å². The largest absolute Gasteiger partial charge is 0.465 e. The molecule has 0 aromatic carbocycles. The Bertz CT molecular complexity index is 572. The monoisotopic (exact) mass is 378 g/mol. The van der Waals surface area contributed by atoms with Gasteiger partial charge in [-0.05, 0) is 22.6 Å². The number of fused-ring (bicyclic) bond motifs is 3. The predicted molar refractivity (Wildman–Crippen MR) is 70.7 cm³/mol. The molecule has 2 aliphatic rings. The Morgan fingerprint density at radius 3 is 2.74 bits per heavy atom. The third kappa shape index (κ3) is 1.79. The van der Waals surface area contributed by atoms with Gasteiger partial charge >= 0.3 is 6.09 Å². The minimum Gasteiger partial charge on any atom is -0.465 e. The third-order valence-electron chi connectivity index (χ3n) is 3.52. The van der Waals surface area contributed by atoms with Crippen molar-refractivity contribution in [2.45, 2.75) is 18.6 Å². The summed E-state index contributed by atoms with van der Waals surface area (Å²) in [5, 5.41) is 13.6. The number of aromatic nitrogens is 2. The molecule has 0 aliphatic carbocycles. The van der Waals surface area contributed by atoms with Crippen molar-refractivity contribution in [1.82, 2.24) is 14.7 Å². The van der Waals surface area contributed by atoms with E-state index in [4.69, 9.17) is 10.5 Å². The van der Waals surface area contributed by atoms with Gasteiger partial charge in [0, 0.05) is 0 Å². The van der Waals surface area contributed by atoms with E-state index in [9.17, 15) is 14.7 Å². The summed E-state index contributed by atoms with van der Waals surface area (Å²) in [6, 6.07) is -0.456. The van der Waals surface area contributed by atoms with Crippen molar-refractivity contribution < 1.29 is 19.4 Å². The molecule has 8 nitrogen and oxygen atoms in total. The number of ether oxygens (including phenoxy) is 1. The SMILES string of the molecule is NC(=O)c1c(I)nn2c1CN(C(=O)O)C1COCC12. The van der Waals surface area contributed by atoms with Crippen molar-refractivity contribution in [3.63, 3.8) is 0 Å². The van der Waals surface area contributed by atoms with Crippen molar-refractivity contribution in [3.05, 3.63) is 15.0 Å².